The lowest BCUT2D eigenvalue weighted by Crippen LogP contribution is -2.51. The number of anilines is 1. The van der Waals surface area contributed by atoms with E-state index in [1.54, 1.807) is 0 Å². The first kappa shape index (κ1) is 12.8. The lowest BCUT2D eigenvalue weighted by molar-refractivity contribution is -0.122. The van der Waals surface area contributed by atoms with E-state index < -0.39 is 0 Å². The monoisotopic (exact) mass is 263 g/mol. The highest BCUT2D eigenvalue weighted by molar-refractivity contribution is 7.80. The number of nitrogens with one attached hydrogen (secondary N) is 2. The number of nitrogens with zero attached hydrogens (tertiary/aromatic N) is 1. The molecule has 1 heterocycles. The Balaban J connectivity index is 1.99. The van der Waals surface area contributed by atoms with Crippen LogP contribution in [0.4, 0.5) is 5.69 Å². The molecule has 1 aromatic rings. The van der Waals surface area contributed by atoms with Crippen LogP contribution < -0.4 is 10.6 Å². The van der Waals surface area contributed by atoms with Crippen LogP contribution in [0.1, 0.15) is 12.5 Å². The fraction of sp³-hybridized carbons (Fsp3) is 0.385. The highest BCUT2D eigenvalue weighted by atomic mass is 32.1. The van der Waals surface area contributed by atoms with Crippen LogP contribution in [0, 0.1) is 0 Å². The fourth-order valence-electron chi connectivity index (χ4n) is 1.88. The third-order valence-corrected chi connectivity index (χ3v) is 3.27. The van der Waals surface area contributed by atoms with Crippen molar-refractivity contribution in [1.29, 1.82) is 0 Å². The smallest absolute Gasteiger partial charge is 0.239 e. The number of rotatable bonds is 2. The minimum Gasteiger partial charge on any atom is -0.353 e. The second kappa shape index (κ2) is 5.82. The van der Waals surface area contributed by atoms with Crippen molar-refractivity contribution in [3.63, 3.8) is 0 Å². The van der Waals surface area contributed by atoms with E-state index >= 15 is 0 Å². The zero-order chi connectivity index (χ0) is 13.0. The van der Waals surface area contributed by atoms with Crippen molar-refractivity contribution in [2.45, 2.75) is 13.3 Å². The summed E-state index contributed by atoms with van der Waals surface area (Å²) in [5.74, 6) is 0.0210. The van der Waals surface area contributed by atoms with Crippen LogP contribution in [0.5, 0.6) is 0 Å². The van der Waals surface area contributed by atoms with E-state index in [0.29, 0.717) is 18.2 Å². The largest absolute Gasteiger partial charge is 0.353 e. The van der Waals surface area contributed by atoms with Crippen molar-refractivity contribution in [3.05, 3.63) is 29.8 Å². The summed E-state index contributed by atoms with van der Waals surface area (Å²) in [6.45, 7) is 3.85. The highest BCUT2D eigenvalue weighted by Gasteiger charge is 2.18. The average molecular weight is 263 g/mol. The van der Waals surface area contributed by atoms with E-state index in [2.05, 4.69) is 29.7 Å². The number of hydrogen-bond acceptors (Lipinski definition) is 2. The van der Waals surface area contributed by atoms with Gasteiger partial charge in [-0.05, 0) is 36.3 Å². The van der Waals surface area contributed by atoms with Gasteiger partial charge in [-0.15, -0.1) is 0 Å². The number of piperazine rings is 1. The molecular formula is C13H17N3OS. The van der Waals surface area contributed by atoms with E-state index in [-0.39, 0.29) is 5.91 Å². The lowest BCUT2D eigenvalue weighted by atomic mass is 10.1. The number of benzene rings is 1. The summed E-state index contributed by atoms with van der Waals surface area (Å²) >= 11 is 5.32. The Morgan fingerprint density at radius 3 is 3.11 bits per heavy atom. The minimum atomic E-state index is 0.0210. The third-order valence-electron chi connectivity index (χ3n) is 2.91. The van der Waals surface area contributed by atoms with Gasteiger partial charge in [-0.1, -0.05) is 19.1 Å². The van der Waals surface area contributed by atoms with Crippen molar-refractivity contribution < 1.29 is 4.79 Å². The molecule has 18 heavy (non-hydrogen) atoms. The van der Waals surface area contributed by atoms with E-state index in [0.717, 1.165) is 18.7 Å². The first-order valence-corrected chi connectivity index (χ1v) is 6.51. The number of thiocarbonyl (C=S) groups is 1. The molecule has 0 atom stereocenters. The zero-order valence-electron chi connectivity index (χ0n) is 10.4. The van der Waals surface area contributed by atoms with Crippen LogP contribution in [0.25, 0.3) is 0 Å². The predicted molar refractivity (Wildman–Crippen MR) is 76.6 cm³/mol. The van der Waals surface area contributed by atoms with Gasteiger partial charge in [0, 0.05) is 18.8 Å². The molecule has 1 aliphatic heterocycles. The third kappa shape index (κ3) is 3.20. The van der Waals surface area contributed by atoms with Crippen molar-refractivity contribution in [1.82, 2.24) is 10.2 Å². The van der Waals surface area contributed by atoms with E-state index in [4.69, 9.17) is 12.2 Å². The molecule has 1 aromatic carbocycles. The molecule has 1 aliphatic rings. The Hall–Kier alpha value is -1.62. The molecule has 1 fully saturated rings. The van der Waals surface area contributed by atoms with Crippen LogP contribution in [0.2, 0.25) is 0 Å². The zero-order valence-corrected chi connectivity index (χ0v) is 11.2. The number of amides is 1. The quantitative estimate of drug-likeness (QED) is 0.791. The molecule has 0 unspecified atom stereocenters. The summed E-state index contributed by atoms with van der Waals surface area (Å²) < 4.78 is 0. The summed E-state index contributed by atoms with van der Waals surface area (Å²) in [5.41, 5.74) is 2.24. The van der Waals surface area contributed by atoms with Gasteiger partial charge < -0.3 is 15.5 Å². The topological polar surface area (TPSA) is 44.4 Å². The molecule has 0 saturated carbocycles. The summed E-state index contributed by atoms with van der Waals surface area (Å²) in [7, 11) is 0. The van der Waals surface area contributed by atoms with E-state index in [1.165, 1.54) is 5.56 Å². The molecule has 4 nitrogen and oxygen atoms in total. The summed E-state index contributed by atoms with van der Waals surface area (Å²) in [5, 5.41) is 6.57. The Kier molecular flexibility index (Phi) is 4.15. The molecule has 5 heteroatoms. The summed E-state index contributed by atoms with van der Waals surface area (Å²) in [4.78, 5) is 13.2. The van der Waals surface area contributed by atoms with Gasteiger partial charge in [0.2, 0.25) is 5.91 Å². The Morgan fingerprint density at radius 1 is 1.56 bits per heavy atom. The van der Waals surface area contributed by atoms with Crippen molar-refractivity contribution >= 4 is 28.9 Å². The molecule has 0 bridgehead atoms. The first-order valence-electron chi connectivity index (χ1n) is 6.10. The maximum absolute atomic E-state index is 11.3. The maximum atomic E-state index is 11.3. The number of carbonyl (C=O) groups excluding carboxylic acids is 1. The Labute approximate surface area is 112 Å². The van der Waals surface area contributed by atoms with Gasteiger partial charge in [0.15, 0.2) is 5.11 Å². The van der Waals surface area contributed by atoms with Crippen LogP contribution in [-0.2, 0) is 11.2 Å². The molecule has 2 rings (SSSR count). The minimum absolute atomic E-state index is 0.0210. The van der Waals surface area contributed by atoms with Gasteiger partial charge >= 0.3 is 0 Å². The lowest BCUT2D eigenvalue weighted by Gasteiger charge is -2.29. The molecule has 0 spiro atoms. The highest BCUT2D eigenvalue weighted by Crippen LogP contribution is 2.12. The van der Waals surface area contributed by atoms with Crippen LogP contribution in [0.3, 0.4) is 0 Å². The molecule has 0 aliphatic carbocycles. The van der Waals surface area contributed by atoms with Crippen molar-refractivity contribution in [2.75, 3.05) is 25.0 Å². The Morgan fingerprint density at radius 2 is 2.39 bits per heavy atom. The average Bonchev–Trinajstić information content (AvgIpc) is 2.39. The van der Waals surface area contributed by atoms with E-state index in [1.807, 2.05) is 17.0 Å². The van der Waals surface area contributed by atoms with Crippen molar-refractivity contribution in [3.8, 4) is 0 Å². The SMILES string of the molecule is CCc1cccc(NC(=S)N2CCNC(=O)C2)c1. The van der Waals surface area contributed by atoms with Crippen LogP contribution in [0.15, 0.2) is 24.3 Å². The molecular weight excluding hydrogens is 246 g/mol. The van der Waals surface area contributed by atoms with Crippen LogP contribution >= 0.6 is 12.2 Å². The second-order valence-electron chi connectivity index (χ2n) is 4.26. The van der Waals surface area contributed by atoms with Gasteiger partial charge in [0.05, 0.1) is 6.54 Å². The van der Waals surface area contributed by atoms with Gasteiger partial charge in [-0.3, -0.25) is 4.79 Å². The van der Waals surface area contributed by atoms with Gasteiger partial charge in [0.25, 0.3) is 0 Å². The fourth-order valence-corrected chi connectivity index (χ4v) is 2.16. The molecule has 1 amide bonds. The predicted octanol–water partition coefficient (Wildman–Crippen LogP) is 1.38. The van der Waals surface area contributed by atoms with Gasteiger partial charge in [-0.2, -0.15) is 0 Å². The number of aryl methyl sites for hydroxylation is 1. The second-order valence-corrected chi connectivity index (χ2v) is 4.64. The summed E-state index contributed by atoms with van der Waals surface area (Å²) in [6, 6.07) is 8.15. The molecule has 0 aromatic heterocycles. The molecule has 96 valence electrons. The van der Waals surface area contributed by atoms with E-state index in [9.17, 15) is 4.79 Å². The molecule has 0 radical (unpaired) electrons. The Bertz CT molecular complexity index is 461. The number of carbonyl (C=O) groups is 1. The standard InChI is InChI=1S/C13H17N3OS/c1-2-10-4-3-5-11(8-10)15-13(18)16-7-6-14-12(17)9-16/h3-5,8H,2,6-7,9H2,1H3,(H,14,17)(H,15,18). The number of hydrogen-bond donors (Lipinski definition) is 2. The summed E-state index contributed by atoms with van der Waals surface area (Å²) in [6.07, 6.45) is 0.994. The van der Waals surface area contributed by atoms with Crippen molar-refractivity contribution in [2.24, 2.45) is 0 Å². The van der Waals surface area contributed by atoms with Crippen LogP contribution in [-0.4, -0.2) is 35.6 Å². The normalized spacial score (nSPS) is 15.2. The molecule has 2 N–H and O–H groups in total. The van der Waals surface area contributed by atoms with Gasteiger partial charge in [-0.25, -0.2) is 0 Å². The maximum Gasteiger partial charge on any atom is 0.239 e. The first-order chi connectivity index (χ1) is 8.69. The van der Waals surface area contributed by atoms with Gasteiger partial charge in [0.1, 0.15) is 0 Å². The molecule has 1 saturated heterocycles.